The molecule has 2 amide bonds. The first-order valence-corrected chi connectivity index (χ1v) is 7.52. The van der Waals surface area contributed by atoms with Crippen molar-refractivity contribution < 1.29 is 24.0 Å². The van der Waals surface area contributed by atoms with Crippen LogP contribution in [0.25, 0.3) is 11.1 Å². The van der Waals surface area contributed by atoms with Crippen molar-refractivity contribution in [3.8, 4) is 5.75 Å². The van der Waals surface area contributed by atoms with Gasteiger partial charge in [0.1, 0.15) is 17.8 Å². The number of aromatic nitrogens is 1. The Morgan fingerprint density at radius 2 is 2.12 bits per heavy atom. The number of carbonyl (C=O) groups excluding carboxylic acids is 2. The largest absolute Gasteiger partial charge is 0.482 e. The molecule has 0 atom stereocenters. The SMILES string of the molecule is O=C(NO)c1ccc2c(c1)N(Cc1nc3ccccc3o1)C(=O)CO2. The molecular weight excluding hydrogens is 326 g/mol. The predicted molar refractivity (Wildman–Crippen MR) is 86.4 cm³/mol. The number of hydrogen-bond acceptors (Lipinski definition) is 6. The molecule has 1 aromatic heterocycles. The van der Waals surface area contributed by atoms with Crippen molar-refractivity contribution in [3.05, 3.63) is 53.9 Å². The summed E-state index contributed by atoms with van der Waals surface area (Å²) in [5.74, 6) is -0.122. The number of amides is 2. The van der Waals surface area contributed by atoms with E-state index in [1.807, 2.05) is 18.2 Å². The fourth-order valence-corrected chi connectivity index (χ4v) is 2.70. The molecule has 0 unspecified atom stereocenters. The highest BCUT2D eigenvalue weighted by molar-refractivity contribution is 6.00. The maximum atomic E-state index is 12.3. The van der Waals surface area contributed by atoms with Crippen LogP contribution in [0.5, 0.6) is 5.75 Å². The monoisotopic (exact) mass is 339 g/mol. The second-order valence-electron chi connectivity index (χ2n) is 5.47. The lowest BCUT2D eigenvalue weighted by Crippen LogP contribution is -2.38. The molecule has 2 aromatic carbocycles. The third-order valence-corrected chi connectivity index (χ3v) is 3.90. The van der Waals surface area contributed by atoms with Gasteiger partial charge in [0, 0.05) is 5.56 Å². The Labute approximate surface area is 141 Å². The first-order chi connectivity index (χ1) is 12.2. The van der Waals surface area contributed by atoms with E-state index in [0.29, 0.717) is 28.4 Å². The molecule has 0 saturated carbocycles. The van der Waals surface area contributed by atoms with Crippen LogP contribution in [0.15, 0.2) is 46.9 Å². The minimum Gasteiger partial charge on any atom is -0.482 e. The number of fused-ring (bicyclic) bond motifs is 2. The zero-order chi connectivity index (χ0) is 17.4. The fraction of sp³-hybridized carbons (Fsp3) is 0.118. The Morgan fingerprint density at radius 3 is 2.92 bits per heavy atom. The van der Waals surface area contributed by atoms with E-state index in [1.54, 1.807) is 17.6 Å². The van der Waals surface area contributed by atoms with E-state index in [4.69, 9.17) is 14.4 Å². The van der Waals surface area contributed by atoms with Crippen LogP contribution in [-0.4, -0.2) is 28.6 Å². The molecule has 4 rings (SSSR count). The van der Waals surface area contributed by atoms with Gasteiger partial charge in [-0.1, -0.05) is 12.1 Å². The molecule has 0 saturated heterocycles. The number of rotatable bonds is 3. The molecule has 2 N–H and O–H groups in total. The van der Waals surface area contributed by atoms with Crippen LogP contribution in [0.1, 0.15) is 16.2 Å². The standard InChI is InChI=1S/C17H13N3O5/c21-16-9-24-14-6-5-10(17(22)19-23)7-12(14)20(16)8-15-18-11-3-1-2-4-13(11)25-15/h1-7,23H,8-9H2,(H,19,22). The van der Waals surface area contributed by atoms with Crippen LogP contribution in [-0.2, 0) is 11.3 Å². The summed E-state index contributed by atoms with van der Waals surface area (Å²) in [6.45, 7) is -0.00710. The van der Waals surface area contributed by atoms with E-state index in [0.717, 1.165) is 0 Å². The molecule has 2 heterocycles. The lowest BCUT2D eigenvalue weighted by molar-refractivity contribution is -0.121. The van der Waals surface area contributed by atoms with Crippen molar-refractivity contribution in [2.75, 3.05) is 11.5 Å². The zero-order valence-corrected chi connectivity index (χ0v) is 12.9. The topological polar surface area (TPSA) is 105 Å². The molecule has 126 valence electrons. The average molecular weight is 339 g/mol. The Kier molecular flexibility index (Phi) is 3.58. The summed E-state index contributed by atoms with van der Waals surface area (Å²) in [4.78, 5) is 29.7. The van der Waals surface area contributed by atoms with Crippen LogP contribution in [0.3, 0.4) is 0 Å². The second kappa shape index (κ2) is 5.91. The van der Waals surface area contributed by atoms with Gasteiger partial charge in [-0.2, -0.15) is 0 Å². The number of para-hydroxylation sites is 2. The van der Waals surface area contributed by atoms with Crippen molar-refractivity contribution in [1.82, 2.24) is 10.5 Å². The molecule has 8 nitrogen and oxygen atoms in total. The number of benzene rings is 2. The Balaban J connectivity index is 1.71. The summed E-state index contributed by atoms with van der Waals surface area (Å²) >= 11 is 0. The van der Waals surface area contributed by atoms with Crippen molar-refractivity contribution >= 4 is 28.6 Å². The predicted octanol–water partition coefficient (Wildman–Crippen LogP) is 1.87. The van der Waals surface area contributed by atoms with Gasteiger partial charge < -0.3 is 9.15 Å². The van der Waals surface area contributed by atoms with E-state index in [-0.39, 0.29) is 24.6 Å². The van der Waals surface area contributed by atoms with Gasteiger partial charge in [0.05, 0.1) is 5.69 Å². The summed E-state index contributed by atoms with van der Waals surface area (Å²) in [5.41, 5.74) is 3.51. The number of oxazole rings is 1. The summed E-state index contributed by atoms with van der Waals surface area (Å²) in [7, 11) is 0. The van der Waals surface area contributed by atoms with E-state index in [9.17, 15) is 9.59 Å². The van der Waals surface area contributed by atoms with E-state index in [2.05, 4.69) is 4.98 Å². The molecule has 0 aliphatic carbocycles. The molecule has 25 heavy (non-hydrogen) atoms. The van der Waals surface area contributed by atoms with Crippen LogP contribution >= 0.6 is 0 Å². The summed E-state index contributed by atoms with van der Waals surface area (Å²) in [6, 6.07) is 11.9. The molecule has 1 aliphatic rings. The third-order valence-electron chi connectivity index (χ3n) is 3.90. The number of nitrogens with one attached hydrogen (secondary N) is 1. The summed E-state index contributed by atoms with van der Waals surface area (Å²) in [5, 5.41) is 8.79. The summed E-state index contributed by atoms with van der Waals surface area (Å²) in [6.07, 6.45) is 0. The van der Waals surface area contributed by atoms with Crippen LogP contribution < -0.4 is 15.1 Å². The fourth-order valence-electron chi connectivity index (χ4n) is 2.70. The number of ether oxygens (including phenoxy) is 1. The van der Waals surface area contributed by atoms with E-state index < -0.39 is 5.91 Å². The lowest BCUT2D eigenvalue weighted by atomic mass is 10.1. The van der Waals surface area contributed by atoms with Crippen molar-refractivity contribution in [1.29, 1.82) is 0 Å². The molecule has 1 aliphatic heterocycles. The van der Waals surface area contributed by atoms with Gasteiger partial charge in [0.15, 0.2) is 12.2 Å². The minimum absolute atomic E-state index is 0.105. The van der Waals surface area contributed by atoms with Crippen molar-refractivity contribution in [2.24, 2.45) is 0 Å². The van der Waals surface area contributed by atoms with Crippen LogP contribution in [0.4, 0.5) is 5.69 Å². The van der Waals surface area contributed by atoms with E-state index in [1.165, 1.54) is 17.0 Å². The first-order valence-electron chi connectivity index (χ1n) is 7.52. The number of nitrogens with zero attached hydrogens (tertiary/aromatic N) is 2. The van der Waals surface area contributed by atoms with Gasteiger partial charge in [0.2, 0.25) is 5.89 Å². The number of carbonyl (C=O) groups is 2. The summed E-state index contributed by atoms with van der Waals surface area (Å²) < 4.78 is 11.1. The maximum Gasteiger partial charge on any atom is 0.274 e. The van der Waals surface area contributed by atoms with Gasteiger partial charge in [-0.25, -0.2) is 10.5 Å². The van der Waals surface area contributed by atoms with Gasteiger partial charge in [-0.05, 0) is 30.3 Å². The normalized spacial score (nSPS) is 13.5. The molecule has 0 fully saturated rings. The molecule has 0 bridgehead atoms. The van der Waals surface area contributed by atoms with Crippen molar-refractivity contribution in [3.63, 3.8) is 0 Å². The molecule has 0 spiro atoms. The van der Waals surface area contributed by atoms with Gasteiger partial charge in [-0.3, -0.25) is 19.7 Å². The van der Waals surface area contributed by atoms with E-state index >= 15 is 0 Å². The molecule has 3 aromatic rings. The van der Waals surface area contributed by atoms with Gasteiger partial charge in [0.25, 0.3) is 11.8 Å². The Bertz CT molecular complexity index is 948. The van der Waals surface area contributed by atoms with Crippen LogP contribution in [0, 0.1) is 0 Å². The van der Waals surface area contributed by atoms with Gasteiger partial charge >= 0.3 is 0 Å². The number of hydroxylamine groups is 1. The highest BCUT2D eigenvalue weighted by Gasteiger charge is 2.28. The Hall–Kier alpha value is -3.39. The lowest BCUT2D eigenvalue weighted by Gasteiger charge is -2.28. The molecule has 8 heteroatoms. The van der Waals surface area contributed by atoms with Crippen LogP contribution in [0.2, 0.25) is 0 Å². The molecule has 0 radical (unpaired) electrons. The smallest absolute Gasteiger partial charge is 0.274 e. The highest BCUT2D eigenvalue weighted by atomic mass is 16.5. The second-order valence-corrected chi connectivity index (χ2v) is 5.47. The zero-order valence-electron chi connectivity index (χ0n) is 12.9. The third kappa shape index (κ3) is 2.68. The van der Waals surface area contributed by atoms with Crippen molar-refractivity contribution in [2.45, 2.75) is 6.54 Å². The quantitative estimate of drug-likeness (QED) is 0.557. The Morgan fingerprint density at radius 1 is 1.28 bits per heavy atom. The molecular formula is C17H13N3O5. The number of anilines is 1. The van der Waals surface area contributed by atoms with Gasteiger partial charge in [-0.15, -0.1) is 0 Å². The first kappa shape index (κ1) is 15.2. The maximum absolute atomic E-state index is 12.3. The highest BCUT2D eigenvalue weighted by Crippen LogP contribution is 2.34. The minimum atomic E-state index is -0.678. The average Bonchev–Trinajstić information content (AvgIpc) is 3.05. The number of hydrogen-bond donors (Lipinski definition) is 2.